The van der Waals surface area contributed by atoms with Crippen LogP contribution in [0, 0.1) is 0 Å². The Morgan fingerprint density at radius 2 is 1.57 bits per heavy atom. The molecule has 1 unspecified atom stereocenters. The maximum absolute atomic E-state index is 12.3. The normalized spacial score (nSPS) is 18.7. The highest BCUT2D eigenvalue weighted by atomic mass is 16.2. The maximum atomic E-state index is 12.3. The van der Waals surface area contributed by atoms with Crippen molar-refractivity contribution in [3.63, 3.8) is 0 Å². The highest BCUT2D eigenvalue weighted by Gasteiger charge is 2.39. The molecule has 4 heteroatoms. The lowest BCUT2D eigenvalue weighted by Gasteiger charge is -2.08. The van der Waals surface area contributed by atoms with Crippen molar-refractivity contribution in [1.29, 1.82) is 0 Å². The van der Waals surface area contributed by atoms with Gasteiger partial charge in [0, 0.05) is 6.42 Å². The monoisotopic (exact) mass is 278 g/mol. The Hall–Kier alpha value is -2.75. The second kappa shape index (κ2) is 5.71. The molecule has 2 aromatic rings. The lowest BCUT2D eigenvalue weighted by molar-refractivity contribution is -0.138. The molecule has 0 saturated carbocycles. The van der Waals surface area contributed by atoms with Crippen LogP contribution in [0.5, 0.6) is 0 Å². The number of hydrazone groups is 1. The van der Waals surface area contributed by atoms with Crippen LogP contribution in [0.25, 0.3) is 0 Å². The molecule has 2 aromatic carbocycles. The minimum absolute atomic E-state index is 0.176. The van der Waals surface area contributed by atoms with E-state index in [-0.39, 0.29) is 18.2 Å². The smallest absolute Gasteiger partial charge is 0.257 e. The molecule has 21 heavy (non-hydrogen) atoms. The molecule has 0 spiro atoms. The molecule has 104 valence electrons. The third kappa shape index (κ3) is 2.74. The van der Waals surface area contributed by atoms with Crippen LogP contribution in [0.3, 0.4) is 0 Å². The van der Waals surface area contributed by atoms with Crippen LogP contribution in [0.4, 0.5) is 0 Å². The van der Waals surface area contributed by atoms with Crippen LogP contribution in [0.15, 0.2) is 65.8 Å². The van der Waals surface area contributed by atoms with Gasteiger partial charge in [0.25, 0.3) is 11.8 Å². The van der Waals surface area contributed by atoms with Gasteiger partial charge in [0.05, 0.1) is 12.1 Å². The third-order valence-electron chi connectivity index (χ3n) is 3.45. The summed E-state index contributed by atoms with van der Waals surface area (Å²) < 4.78 is 0. The van der Waals surface area contributed by atoms with Crippen molar-refractivity contribution in [3.05, 3.63) is 71.8 Å². The molecule has 0 N–H and O–H groups in total. The minimum Gasteiger partial charge on any atom is -0.272 e. The van der Waals surface area contributed by atoms with Gasteiger partial charge >= 0.3 is 0 Å². The highest BCUT2D eigenvalue weighted by Crippen LogP contribution is 2.29. The summed E-state index contributed by atoms with van der Waals surface area (Å²) in [6.45, 7) is 0. The zero-order valence-corrected chi connectivity index (χ0v) is 11.3. The van der Waals surface area contributed by atoms with E-state index in [0.29, 0.717) is 0 Å². The van der Waals surface area contributed by atoms with E-state index in [4.69, 9.17) is 0 Å². The average Bonchev–Trinajstić information content (AvgIpc) is 2.82. The Labute approximate surface area is 122 Å². The van der Waals surface area contributed by atoms with Crippen LogP contribution in [0.2, 0.25) is 0 Å². The first kappa shape index (κ1) is 13.2. The van der Waals surface area contributed by atoms with E-state index in [1.165, 1.54) is 6.21 Å². The van der Waals surface area contributed by atoms with Gasteiger partial charge in [-0.3, -0.25) is 9.59 Å². The standard InChI is InChI=1S/C17H14N2O2/c20-16-11-15(14-9-5-2-6-10-14)17(21)19(16)18-12-13-7-3-1-4-8-13/h1-10,12,15H,11H2/b18-12+. The van der Waals surface area contributed by atoms with Gasteiger partial charge in [0.15, 0.2) is 0 Å². The maximum Gasteiger partial charge on any atom is 0.257 e. The van der Waals surface area contributed by atoms with Crippen molar-refractivity contribution >= 4 is 18.0 Å². The summed E-state index contributed by atoms with van der Waals surface area (Å²) in [4.78, 5) is 24.3. The molecule has 1 atom stereocenters. The number of nitrogens with zero attached hydrogens (tertiary/aromatic N) is 2. The Morgan fingerprint density at radius 1 is 0.952 bits per heavy atom. The fourth-order valence-corrected chi connectivity index (χ4v) is 2.35. The van der Waals surface area contributed by atoms with E-state index >= 15 is 0 Å². The van der Waals surface area contributed by atoms with E-state index in [9.17, 15) is 9.59 Å². The molecule has 1 aliphatic rings. The first-order valence-electron chi connectivity index (χ1n) is 6.76. The van der Waals surface area contributed by atoms with Crippen molar-refractivity contribution in [1.82, 2.24) is 5.01 Å². The van der Waals surface area contributed by atoms with Gasteiger partial charge < -0.3 is 0 Å². The summed E-state index contributed by atoms with van der Waals surface area (Å²) >= 11 is 0. The number of amides is 2. The Kier molecular flexibility index (Phi) is 3.60. The Morgan fingerprint density at radius 3 is 2.24 bits per heavy atom. The van der Waals surface area contributed by atoms with Crippen molar-refractivity contribution in [2.75, 3.05) is 0 Å². The summed E-state index contributed by atoms with van der Waals surface area (Å²) in [7, 11) is 0. The zero-order valence-electron chi connectivity index (χ0n) is 11.3. The van der Waals surface area contributed by atoms with Crippen LogP contribution in [0.1, 0.15) is 23.5 Å². The van der Waals surface area contributed by atoms with Crippen LogP contribution >= 0.6 is 0 Å². The number of rotatable bonds is 3. The second-order valence-electron chi connectivity index (χ2n) is 4.87. The van der Waals surface area contributed by atoms with Gasteiger partial charge in [-0.1, -0.05) is 60.7 Å². The molecule has 0 aromatic heterocycles. The molecule has 1 heterocycles. The quantitative estimate of drug-likeness (QED) is 0.640. The van der Waals surface area contributed by atoms with Gasteiger partial charge in [-0.15, -0.1) is 0 Å². The summed E-state index contributed by atoms with van der Waals surface area (Å²) in [5.41, 5.74) is 1.70. The highest BCUT2D eigenvalue weighted by molar-refractivity contribution is 6.06. The SMILES string of the molecule is O=C1CC(c2ccccc2)C(=O)N1/N=C/c1ccccc1. The van der Waals surface area contributed by atoms with Gasteiger partial charge in [0.1, 0.15) is 0 Å². The summed E-state index contributed by atoms with van der Waals surface area (Å²) in [6, 6.07) is 18.7. The lowest BCUT2D eigenvalue weighted by Crippen LogP contribution is -2.24. The Bertz CT molecular complexity index is 680. The second-order valence-corrected chi connectivity index (χ2v) is 4.87. The molecule has 1 saturated heterocycles. The summed E-state index contributed by atoms with van der Waals surface area (Å²) in [5, 5.41) is 5.02. The average molecular weight is 278 g/mol. The fourth-order valence-electron chi connectivity index (χ4n) is 2.35. The number of imide groups is 1. The molecule has 3 rings (SSSR count). The topological polar surface area (TPSA) is 49.7 Å². The Balaban J connectivity index is 1.80. The summed E-state index contributed by atoms with van der Waals surface area (Å²) in [6.07, 6.45) is 1.71. The molecule has 0 bridgehead atoms. The zero-order chi connectivity index (χ0) is 14.7. The first-order valence-corrected chi connectivity index (χ1v) is 6.76. The first-order chi connectivity index (χ1) is 10.3. The van der Waals surface area contributed by atoms with Crippen molar-refractivity contribution in [3.8, 4) is 0 Å². The van der Waals surface area contributed by atoms with Crippen LogP contribution < -0.4 is 0 Å². The number of hydrogen-bond acceptors (Lipinski definition) is 3. The molecule has 4 nitrogen and oxygen atoms in total. The molecule has 2 amide bonds. The molecule has 1 fully saturated rings. The predicted octanol–water partition coefficient (Wildman–Crippen LogP) is 2.56. The van der Waals surface area contributed by atoms with Crippen molar-refractivity contribution in [2.24, 2.45) is 5.10 Å². The van der Waals surface area contributed by atoms with Crippen molar-refractivity contribution in [2.45, 2.75) is 12.3 Å². The number of benzene rings is 2. The number of carbonyl (C=O) groups is 2. The van der Waals surface area contributed by atoms with E-state index in [2.05, 4.69) is 5.10 Å². The van der Waals surface area contributed by atoms with E-state index in [1.54, 1.807) is 0 Å². The van der Waals surface area contributed by atoms with Crippen LogP contribution in [-0.2, 0) is 9.59 Å². The van der Waals surface area contributed by atoms with Crippen LogP contribution in [-0.4, -0.2) is 23.0 Å². The number of carbonyl (C=O) groups excluding carboxylic acids is 2. The molecule has 0 radical (unpaired) electrons. The largest absolute Gasteiger partial charge is 0.272 e. The molecular weight excluding hydrogens is 264 g/mol. The lowest BCUT2D eigenvalue weighted by atomic mass is 9.98. The predicted molar refractivity (Wildman–Crippen MR) is 79.7 cm³/mol. The van der Waals surface area contributed by atoms with Gasteiger partial charge in [0.2, 0.25) is 0 Å². The van der Waals surface area contributed by atoms with E-state index < -0.39 is 5.92 Å². The van der Waals surface area contributed by atoms with Crippen molar-refractivity contribution < 1.29 is 9.59 Å². The van der Waals surface area contributed by atoms with Gasteiger partial charge in [-0.05, 0) is 11.1 Å². The minimum atomic E-state index is -0.424. The molecular formula is C17H14N2O2. The number of hydrogen-bond donors (Lipinski definition) is 0. The fraction of sp³-hybridized carbons (Fsp3) is 0.118. The van der Waals surface area contributed by atoms with Gasteiger partial charge in [-0.2, -0.15) is 10.1 Å². The van der Waals surface area contributed by atoms with E-state index in [1.807, 2.05) is 60.7 Å². The van der Waals surface area contributed by atoms with Gasteiger partial charge in [-0.25, -0.2) is 0 Å². The molecule has 0 aliphatic carbocycles. The summed E-state index contributed by atoms with van der Waals surface area (Å²) in [5.74, 6) is -0.953. The van der Waals surface area contributed by atoms with E-state index in [0.717, 1.165) is 16.1 Å². The third-order valence-corrected chi connectivity index (χ3v) is 3.45. The molecule has 1 aliphatic heterocycles.